The van der Waals surface area contributed by atoms with Crippen LogP contribution in [0.1, 0.15) is 56.1 Å². The molecule has 1 heterocycles. The van der Waals surface area contributed by atoms with Gasteiger partial charge in [-0.2, -0.15) is 5.10 Å². The minimum absolute atomic E-state index is 0.0102. The van der Waals surface area contributed by atoms with Crippen LogP contribution in [-0.2, 0) is 0 Å². The van der Waals surface area contributed by atoms with Crippen molar-refractivity contribution in [3.05, 3.63) is 17.5 Å². The molecule has 3 unspecified atom stereocenters. The first-order valence-corrected chi connectivity index (χ1v) is 7.29. The highest BCUT2D eigenvalue weighted by Gasteiger charge is 2.32. The number of aromatic amines is 1. The molecule has 1 amide bonds. The molecule has 4 heteroatoms. The Labute approximate surface area is 115 Å². The van der Waals surface area contributed by atoms with Crippen LogP contribution in [0, 0.1) is 24.7 Å². The fraction of sp³-hybridized carbons (Fsp3) is 0.733. The van der Waals surface area contributed by atoms with Crippen molar-refractivity contribution in [2.24, 2.45) is 17.8 Å². The van der Waals surface area contributed by atoms with Gasteiger partial charge in [-0.05, 0) is 37.5 Å². The molecule has 4 nitrogen and oxygen atoms in total. The van der Waals surface area contributed by atoms with E-state index in [9.17, 15) is 4.79 Å². The Hall–Kier alpha value is -1.32. The highest BCUT2D eigenvalue weighted by atomic mass is 16.1. The second-order valence-corrected chi connectivity index (χ2v) is 6.31. The molecule has 0 spiro atoms. The molecule has 0 radical (unpaired) electrons. The molecule has 1 aromatic rings. The second kappa shape index (κ2) is 5.76. The number of aryl methyl sites for hydroxylation is 1. The molecule has 0 bridgehead atoms. The summed E-state index contributed by atoms with van der Waals surface area (Å²) in [6.45, 7) is 8.66. The molecule has 2 rings (SSSR count). The number of H-pyrrole nitrogens is 1. The van der Waals surface area contributed by atoms with Gasteiger partial charge >= 0.3 is 0 Å². The standard InChI is InChI=1S/C15H25N3O/c1-9(2)12-6-5-10(3)7-14(12)17-15(19)13-8-16-18-11(13)4/h8-10,12,14H,5-7H2,1-4H3,(H,16,18)(H,17,19). The summed E-state index contributed by atoms with van der Waals surface area (Å²) in [6, 6.07) is 0.297. The fourth-order valence-corrected chi connectivity index (χ4v) is 3.19. The van der Waals surface area contributed by atoms with Crippen LogP contribution in [0.25, 0.3) is 0 Å². The average molecular weight is 263 g/mol. The third kappa shape index (κ3) is 3.17. The van der Waals surface area contributed by atoms with Crippen molar-refractivity contribution < 1.29 is 4.79 Å². The van der Waals surface area contributed by atoms with Gasteiger partial charge in [-0.15, -0.1) is 0 Å². The van der Waals surface area contributed by atoms with Gasteiger partial charge in [-0.1, -0.05) is 27.2 Å². The molecule has 3 atom stereocenters. The minimum atomic E-state index is 0.0102. The van der Waals surface area contributed by atoms with Crippen LogP contribution < -0.4 is 5.32 Å². The predicted octanol–water partition coefficient (Wildman–Crippen LogP) is 2.91. The SMILES string of the molecule is Cc1[nH]ncc1C(=O)NC1CC(C)CCC1C(C)C. The number of nitrogens with one attached hydrogen (secondary N) is 2. The quantitative estimate of drug-likeness (QED) is 0.881. The number of amides is 1. The molecule has 0 aliphatic heterocycles. The predicted molar refractivity (Wildman–Crippen MR) is 75.9 cm³/mol. The third-order valence-electron chi connectivity index (χ3n) is 4.41. The van der Waals surface area contributed by atoms with Gasteiger partial charge in [0.05, 0.1) is 11.8 Å². The molecule has 2 N–H and O–H groups in total. The summed E-state index contributed by atoms with van der Waals surface area (Å²) in [5.41, 5.74) is 1.50. The van der Waals surface area contributed by atoms with E-state index in [-0.39, 0.29) is 5.91 Å². The lowest BCUT2D eigenvalue weighted by molar-refractivity contribution is 0.0867. The molecule has 1 fully saturated rings. The van der Waals surface area contributed by atoms with E-state index in [4.69, 9.17) is 0 Å². The largest absolute Gasteiger partial charge is 0.349 e. The first kappa shape index (κ1) is 14.1. The maximum absolute atomic E-state index is 12.3. The molecular formula is C15H25N3O. The number of aromatic nitrogens is 2. The lowest BCUT2D eigenvalue weighted by Crippen LogP contribution is -2.45. The molecule has 0 saturated heterocycles. The normalized spacial score (nSPS) is 27.5. The van der Waals surface area contributed by atoms with Crippen molar-refractivity contribution in [2.45, 2.75) is 53.0 Å². The molecule has 1 aromatic heterocycles. The lowest BCUT2D eigenvalue weighted by atomic mass is 9.74. The second-order valence-electron chi connectivity index (χ2n) is 6.31. The van der Waals surface area contributed by atoms with Gasteiger partial charge in [-0.25, -0.2) is 0 Å². The zero-order valence-electron chi connectivity index (χ0n) is 12.4. The van der Waals surface area contributed by atoms with Crippen LogP contribution in [0.2, 0.25) is 0 Å². The monoisotopic (exact) mass is 263 g/mol. The van der Waals surface area contributed by atoms with Crippen molar-refractivity contribution in [2.75, 3.05) is 0 Å². The Balaban J connectivity index is 2.07. The van der Waals surface area contributed by atoms with Gasteiger partial charge in [-0.3, -0.25) is 9.89 Å². The summed E-state index contributed by atoms with van der Waals surface area (Å²) in [4.78, 5) is 12.3. The van der Waals surface area contributed by atoms with E-state index in [0.29, 0.717) is 29.4 Å². The minimum Gasteiger partial charge on any atom is -0.349 e. The topological polar surface area (TPSA) is 57.8 Å². The molecular weight excluding hydrogens is 238 g/mol. The Bertz CT molecular complexity index is 438. The van der Waals surface area contributed by atoms with E-state index in [1.807, 2.05) is 6.92 Å². The molecule has 1 aliphatic carbocycles. The molecule has 106 valence electrons. The van der Waals surface area contributed by atoms with E-state index in [1.165, 1.54) is 12.8 Å². The van der Waals surface area contributed by atoms with Gasteiger partial charge in [0, 0.05) is 11.7 Å². The summed E-state index contributed by atoms with van der Waals surface area (Å²) < 4.78 is 0. The average Bonchev–Trinajstić information content (AvgIpc) is 2.75. The summed E-state index contributed by atoms with van der Waals surface area (Å²) in [5, 5.41) is 9.96. The van der Waals surface area contributed by atoms with Crippen molar-refractivity contribution in [1.82, 2.24) is 15.5 Å². The highest BCUT2D eigenvalue weighted by molar-refractivity contribution is 5.95. The Morgan fingerprint density at radius 3 is 2.79 bits per heavy atom. The first-order chi connectivity index (χ1) is 8.99. The molecule has 0 aromatic carbocycles. The van der Waals surface area contributed by atoms with Gasteiger partial charge in [0.1, 0.15) is 0 Å². The molecule has 19 heavy (non-hydrogen) atoms. The van der Waals surface area contributed by atoms with Crippen molar-refractivity contribution in [1.29, 1.82) is 0 Å². The van der Waals surface area contributed by atoms with Crippen LogP contribution in [0.5, 0.6) is 0 Å². The Kier molecular flexibility index (Phi) is 4.27. The fourth-order valence-electron chi connectivity index (χ4n) is 3.19. The zero-order valence-corrected chi connectivity index (χ0v) is 12.4. The maximum Gasteiger partial charge on any atom is 0.254 e. The van der Waals surface area contributed by atoms with Crippen molar-refractivity contribution in [3.8, 4) is 0 Å². The third-order valence-corrected chi connectivity index (χ3v) is 4.41. The summed E-state index contributed by atoms with van der Waals surface area (Å²) in [7, 11) is 0. The number of rotatable bonds is 3. The summed E-state index contributed by atoms with van der Waals surface area (Å²) in [6.07, 6.45) is 5.20. The molecule has 1 saturated carbocycles. The van der Waals surface area contributed by atoms with Crippen LogP contribution in [0.3, 0.4) is 0 Å². The van der Waals surface area contributed by atoms with Crippen molar-refractivity contribution in [3.63, 3.8) is 0 Å². The zero-order chi connectivity index (χ0) is 14.0. The summed E-state index contributed by atoms with van der Waals surface area (Å²) >= 11 is 0. The lowest BCUT2D eigenvalue weighted by Gasteiger charge is -2.37. The van der Waals surface area contributed by atoms with Gasteiger partial charge < -0.3 is 5.32 Å². The van der Waals surface area contributed by atoms with Crippen LogP contribution in [0.4, 0.5) is 0 Å². The number of carbonyl (C=O) groups excluding carboxylic acids is 1. The maximum atomic E-state index is 12.3. The number of hydrogen-bond donors (Lipinski definition) is 2. The number of carbonyl (C=O) groups is 1. The summed E-state index contributed by atoms with van der Waals surface area (Å²) in [5.74, 6) is 1.91. The van der Waals surface area contributed by atoms with E-state index >= 15 is 0 Å². The van der Waals surface area contributed by atoms with Crippen LogP contribution in [0.15, 0.2) is 6.20 Å². The highest BCUT2D eigenvalue weighted by Crippen LogP contribution is 2.33. The number of hydrogen-bond acceptors (Lipinski definition) is 2. The Morgan fingerprint density at radius 2 is 2.21 bits per heavy atom. The van der Waals surface area contributed by atoms with Crippen LogP contribution in [-0.4, -0.2) is 22.1 Å². The van der Waals surface area contributed by atoms with E-state index in [1.54, 1.807) is 6.20 Å². The van der Waals surface area contributed by atoms with Gasteiger partial charge in [0.15, 0.2) is 0 Å². The van der Waals surface area contributed by atoms with E-state index in [2.05, 4.69) is 36.3 Å². The smallest absolute Gasteiger partial charge is 0.254 e. The van der Waals surface area contributed by atoms with Crippen LogP contribution >= 0.6 is 0 Å². The number of nitrogens with zero attached hydrogens (tertiary/aromatic N) is 1. The Morgan fingerprint density at radius 1 is 1.47 bits per heavy atom. The molecule has 1 aliphatic rings. The van der Waals surface area contributed by atoms with Gasteiger partial charge in [0.2, 0.25) is 0 Å². The van der Waals surface area contributed by atoms with E-state index < -0.39 is 0 Å². The van der Waals surface area contributed by atoms with Crippen molar-refractivity contribution >= 4 is 5.91 Å². The first-order valence-electron chi connectivity index (χ1n) is 7.29. The van der Waals surface area contributed by atoms with Gasteiger partial charge in [0.25, 0.3) is 5.91 Å². The van der Waals surface area contributed by atoms with E-state index in [0.717, 1.165) is 12.1 Å².